The van der Waals surface area contributed by atoms with E-state index in [9.17, 15) is 0 Å². The summed E-state index contributed by atoms with van der Waals surface area (Å²) in [5.74, 6) is 0.734. The van der Waals surface area contributed by atoms with Crippen molar-refractivity contribution in [1.29, 1.82) is 0 Å². The molecular weight excluding hydrogens is 280 g/mol. The summed E-state index contributed by atoms with van der Waals surface area (Å²) in [6, 6.07) is 0. The first kappa shape index (κ1) is 14.6. The van der Waals surface area contributed by atoms with Crippen LogP contribution in [0.3, 0.4) is 0 Å². The van der Waals surface area contributed by atoms with Gasteiger partial charge in [-0.2, -0.15) is 24.7 Å². The lowest BCUT2D eigenvalue weighted by Gasteiger charge is -2.32. The largest absolute Gasteiger partial charge is 0.352 e. The number of nitrogens with zero attached hydrogens (tertiary/aromatic N) is 7. The average Bonchev–Trinajstić information content (AvgIpc) is 2.89. The molecule has 2 aromatic rings. The summed E-state index contributed by atoms with van der Waals surface area (Å²) in [6.45, 7) is 4.89. The van der Waals surface area contributed by atoms with E-state index < -0.39 is 0 Å². The molecule has 0 aliphatic carbocycles. The fourth-order valence-corrected chi connectivity index (χ4v) is 1.44. The predicted octanol–water partition coefficient (Wildman–Crippen LogP) is 0.858. The molecule has 2 rings (SSSR count). The zero-order valence-corrected chi connectivity index (χ0v) is 12.6. The first-order chi connectivity index (χ1) is 9.38. The molecule has 8 nitrogen and oxygen atoms in total. The average molecular weight is 297 g/mol. The quantitative estimate of drug-likeness (QED) is 0.876. The van der Waals surface area contributed by atoms with Crippen LogP contribution in [0.5, 0.6) is 0 Å². The standard InChI is InChI=1S/C11H17ClN8/c1-11(2,19(3)4)5-14-9-16-8(12)17-10(18-9)20-7-13-6-15-20/h6-7H,5H2,1-4H3,(H,14,16,17,18). The van der Waals surface area contributed by atoms with Gasteiger partial charge in [0.2, 0.25) is 11.2 Å². The summed E-state index contributed by atoms with van der Waals surface area (Å²) < 4.78 is 1.43. The molecule has 0 saturated carbocycles. The highest BCUT2D eigenvalue weighted by Crippen LogP contribution is 2.13. The number of hydrogen-bond donors (Lipinski definition) is 1. The van der Waals surface area contributed by atoms with Gasteiger partial charge in [-0.25, -0.2) is 4.98 Å². The van der Waals surface area contributed by atoms with Gasteiger partial charge < -0.3 is 10.2 Å². The Labute approximate surface area is 122 Å². The van der Waals surface area contributed by atoms with E-state index in [-0.39, 0.29) is 10.8 Å². The van der Waals surface area contributed by atoms with E-state index in [1.807, 2.05) is 14.1 Å². The van der Waals surface area contributed by atoms with Crippen LogP contribution in [0.25, 0.3) is 5.95 Å². The summed E-state index contributed by atoms with van der Waals surface area (Å²) in [5.41, 5.74) is -0.0491. The number of aromatic nitrogens is 6. The van der Waals surface area contributed by atoms with E-state index in [0.717, 1.165) is 0 Å². The Balaban J connectivity index is 2.17. The Bertz CT molecular complexity index is 566. The summed E-state index contributed by atoms with van der Waals surface area (Å²) in [7, 11) is 4.03. The van der Waals surface area contributed by atoms with Crippen molar-refractivity contribution in [3.63, 3.8) is 0 Å². The van der Waals surface area contributed by atoms with Crippen molar-refractivity contribution in [3.05, 3.63) is 17.9 Å². The van der Waals surface area contributed by atoms with Crippen LogP contribution >= 0.6 is 11.6 Å². The van der Waals surface area contributed by atoms with Gasteiger partial charge in [0.05, 0.1) is 0 Å². The van der Waals surface area contributed by atoms with Gasteiger partial charge in [0.15, 0.2) is 0 Å². The van der Waals surface area contributed by atoms with Crippen molar-refractivity contribution in [3.8, 4) is 5.95 Å². The van der Waals surface area contributed by atoms with E-state index in [1.54, 1.807) is 0 Å². The maximum absolute atomic E-state index is 5.91. The van der Waals surface area contributed by atoms with Crippen LogP contribution in [0, 0.1) is 0 Å². The first-order valence-corrected chi connectivity index (χ1v) is 6.44. The van der Waals surface area contributed by atoms with E-state index in [0.29, 0.717) is 18.4 Å². The summed E-state index contributed by atoms with van der Waals surface area (Å²) in [5, 5.41) is 7.23. The molecule has 0 bridgehead atoms. The van der Waals surface area contributed by atoms with E-state index in [1.165, 1.54) is 17.3 Å². The van der Waals surface area contributed by atoms with Gasteiger partial charge >= 0.3 is 0 Å². The normalized spacial score (nSPS) is 11.9. The van der Waals surface area contributed by atoms with Gasteiger partial charge in [-0.3, -0.25) is 0 Å². The van der Waals surface area contributed by atoms with Crippen LogP contribution in [-0.2, 0) is 0 Å². The van der Waals surface area contributed by atoms with Gasteiger partial charge in [0, 0.05) is 12.1 Å². The second kappa shape index (κ2) is 5.68. The van der Waals surface area contributed by atoms with E-state index >= 15 is 0 Å². The molecule has 2 aromatic heterocycles. The minimum absolute atomic E-state index is 0.0491. The summed E-state index contributed by atoms with van der Waals surface area (Å²) in [4.78, 5) is 18.3. The molecule has 0 aliphatic rings. The van der Waals surface area contributed by atoms with Crippen molar-refractivity contribution in [2.45, 2.75) is 19.4 Å². The summed E-state index contributed by atoms with van der Waals surface area (Å²) >= 11 is 5.91. The van der Waals surface area contributed by atoms with E-state index in [4.69, 9.17) is 11.6 Å². The molecule has 108 valence electrons. The van der Waals surface area contributed by atoms with Crippen molar-refractivity contribution in [2.24, 2.45) is 0 Å². The Morgan fingerprint density at radius 1 is 1.30 bits per heavy atom. The van der Waals surface area contributed by atoms with E-state index in [2.05, 4.69) is 49.1 Å². The van der Waals surface area contributed by atoms with Gasteiger partial charge in [0.1, 0.15) is 12.7 Å². The molecule has 0 aromatic carbocycles. The number of nitrogens with one attached hydrogen (secondary N) is 1. The van der Waals surface area contributed by atoms with Crippen LogP contribution < -0.4 is 5.32 Å². The first-order valence-electron chi connectivity index (χ1n) is 6.06. The number of anilines is 1. The Morgan fingerprint density at radius 3 is 2.65 bits per heavy atom. The fraction of sp³-hybridized carbons (Fsp3) is 0.545. The minimum Gasteiger partial charge on any atom is -0.352 e. The molecule has 0 saturated heterocycles. The molecule has 0 spiro atoms. The van der Waals surface area contributed by atoms with Crippen molar-refractivity contribution >= 4 is 17.5 Å². The van der Waals surface area contributed by atoms with Crippen LogP contribution in [0.15, 0.2) is 12.7 Å². The van der Waals surface area contributed by atoms with Crippen LogP contribution in [0.1, 0.15) is 13.8 Å². The molecule has 0 aliphatic heterocycles. The van der Waals surface area contributed by atoms with Crippen molar-refractivity contribution < 1.29 is 0 Å². The molecule has 20 heavy (non-hydrogen) atoms. The highest BCUT2D eigenvalue weighted by atomic mass is 35.5. The second-order valence-corrected chi connectivity index (χ2v) is 5.47. The molecule has 0 unspecified atom stereocenters. The van der Waals surface area contributed by atoms with Crippen LogP contribution in [0.2, 0.25) is 5.28 Å². The third kappa shape index (κ3) is 3.40. The predicted molar refractivity (Wildman–Crippen MR) is 76.0 cm³/mol. The number of hydrogen-bond acceptors (Lipinski definition) is 7. The molecule has 0 amide bonds. The Hall–Kier alpha value is -1.80. The third-order valence-electron chi connectivity index (χ3n) is 3.11. The molecule has 0 radical (unpaired) electrons. The highest BCUT2D eigenvalue weighted by Gasteiger charge is 2.20. The van der Waals surface area contributed by atoms with Gasteiger partial charge in [-0.05, 0) is 39.5 Å². The number of rotatable bonds is 5. The number of halogens is 1. The lowest BCUT2D eigenvalue weighted by molar-refractivity contribution is 0.209. The maximum Gasteiger partial charge on any atom is 0.258 e. The Kier molecular flexibility index (Phi) is 4.15. The summed E-state index contributed by atoms with van der Waals surface area (Å²) in [6.07, 6.45) is 2.90. The number of likely N-dealkylation sites (N-methyl/N-ethyl adjacent to an activating group) is 1. The van der Waals surface area contributed by atoms with Crippen molar-refractivity contribution in [2.75, 3.05) is 26.0 Å². The molecule has 9 heteroatoms. The molecule has 1 N–H and O–H groups in total. The monoisotopic (exact) mass is 296 g/mol. The zero-order chi connectivity index (χ0) is 14.8. The molecule has 0 atom stereocenters. The second-order valence-electron chi connectivity index (χ2n) is 5.13. The fourth-order valence-electron chi connectivity index (χ4n) is 1.29. The van der Waals surface area contributed by atoms with Crippen molar-refractivity contribution in [1.82, 2.24) is 34.6 Å². The third-order valence-corrected chi connectivity index (χ3v) is 3.28. The van der Waals surface area contributed by atoms with Gasteiger partial charge in [-0.15, -0.1) is 0 Å². The molecule has 0 fully saturated rings. The maximum atomic E-state index is 5.91. The molecular formula is C11H17ClN8. The molecule has 2 heterocycles. The van der Waals surface area contributed by atoms with Gasteiger partial charge in [-0.1, -0.05) is 0 Å². The smallest absolute Gasteiger partial charge is 0.258 e. The lowest BCUT2D eigenvalue weighted by atomic mass is 10.1. The Morgan fingerprint density at radius 2 is 2.05 bits per heavy atom. The van der Waals surface area contributed by atoms with Crippen LogP contribution in [0.4, 0.5) is 5.95 Å². The zero-order valence-electron chi connectivity index (χ0n) is 11.9. The highest BCUT2D eigenvalue weighted by molar-refractivity contribution is 6.28. The van der Waals surface area contributed by atoms with Crippen LogP contribution in [-0.4, -0.2) is 60.8 Å². The SMILES string of the molecule is CN(C)C(C)(C)CNc1nc(Cl)nc(-n2cncn2)n1. The minimum atomic E-state index is -0.0491. The van der Waals surface area contributed by atoms with Gasteiger partial charge in [0.25, 0.3) is 5.95 Å². The topological polar surface area (TPSA) is 84.6 Å². The lowest BCUT2D eigenvalue weighted by Crippen LogP contribution is -2.44.